The molecule has 0 amide bonds. The van der Waals surface area contributed by atoms with Gasteiger partial charge in [0.15, 0.2) is 0 Å². The Balaban J connectivity index is 1.76. The predicted molar refractivity (Wildman–Crippen MR) is 89.5 cm³/mol. The standard InChI is InChI=1S/C19H18N2/c20-16-10-8-14-6-7-15-9-11-17(19(16)18(14)15)21-12-13-4-2-1-3-5-13/h1-5,8-11,21H,6-7,12,20H2. The van der Waals surface area contributed by atoms with Gasteiger partial charge in [0.2, 0.25) is 0 Å². The lowest BCUT2D eigenvalue weighted by atomic mass is 10.0. The van der Waals surface area contributed by atoms with E-state index in [0.29, 0.717) is 0 Å². The lowest BCUT2D eigenvalue weighted by molar-refractivity contribution is 1.02. The van der Waals surface area contributed by atoms with E-state index in [0.717, 1.165) is 30.8 Å². The second kappa shape index (κ2) is 4.81. The van der Waals surface area contributed by atoms with Gasteiger partial charge in [-0.1, -0.05) is 42.5 Å². The van der Waals surface area contributed by atoms with Gasteiger partial charge in [-0.25, -0.2) is 0 Å². The van der Waals surface area contributed by atoms with Crippen LogP contribution in [0.5, 0.6) is 0 Å². The molecule has 0 bridgehead atoms. The minimum absolute atomic E-state index is 0.818. The number of nitrogen functional groups attached to an aromatic ring is 1. The normalized spacial score (nSPS) is 12.8. The molecule has 0 aromatic heterocycles. The zero-order chi connectivity index (χ0) is 14.2. The summed E-state index contributed by atoms with van der Waals surface area (Å²) < 4.78 is 0. The summed E-state index contributed by atoms with van der Waals surface area (Å²) in [7, 11) is 0. The van der Waals surface area contributed by atoms with Crippen LogP contribution in [0.1, 0.15) is 16.7 Å². The van der Waals surface area contributed by atoms with E-state index >= 15 is 0 Å². The molecule has 1 aliphatic carbocycles. The van der Waals surface area contributed by atoms with Crippen LogP contribution in [0.15, 0.2) is 54.6 Å². The fourth-order valence-electron chi connectivity index (χ4n) is 3.30. The van der Waals surface area contributed by atoms with E-state index in [4.69, 9.17) is 5.73 Å². The quantitative estimate of drug-likeness (QED) is 0.705. The van der Waals surface area contributed by atoms with Crippen LogP contribution >= 0.6 is 0 Å². The monoisotopic (exact) mass is 274 g/mol. The van der Waals surface area contributed by atoms with E-state index in [1.807, 2.05) is 12.1 Å². The van der Waals surface area contributed by atoms with E-state index in [9.17, 15) is 0 Å². The van der Waals surface area contributed by atoms with Crippen LogP contribution in [0, 0.1) is 0 Å². The fourth-order valence-corrected chi connectivity index (χ4v) is 3.30. The molecule has 0 spiro atoms. The highest BCUT2D eigenvalue weighted by Crippen LogP contribution is 2.38. The molecule has 4 rings (SSSR count). The topological polar surface area (TPSA) is 38.0 Å². The van der Waals surface area contributed by atoms with Gasteiger partial charge in [-0.3, -0.25) is 0 Å². The Bertz CT molecular complexity index is 796. The number of anilines is 2. The molecule has 0 unspecified atom stereocenters. The maximum absolute atomic E-state index is 6.25. The minimum Gasteiger partial charge on any atom is -0.398 e. The van der Waals surface area contributed by atoms with Crippen LogP contribution in [-0.2, 0) is 19.4 Å². The third-order valence-corrected chi connectivity index (χ3v) is 4.35. The van der Waals surface area contributed by atoms with Gasteiger partial charge in [0.05, 0.1) is 0 Å². The van der Waals surface area contributed by atoms with Crippen molar-refractivity contribution in [2.45, 2.75) is 19.4 Å². The SMILES string of the molecule is Nc1ccc2c3c(ccc(NCc4ccccc4)c13)CC2. The molecule has 0 saturated carbocycles. The van der Waals surface area contributed by atoms with Crippen molar-refractivity contribution in [1.29, 1.82) is 0 Å². The van der Waals surface area contributed by atoms with Gasteiger partial charge in [-0.2, -0.15) is 0 Å². The summed E-state index contributed by atoms with van der Waals surface area (Å²) in [5, 5.41) is 6.11. The molecule has 0 heterocycles. The number of rotatable bonds is 3. The molecular formula is C19H18N2. The lowest BCUT2D eigenvalue weighted by Gasteiger charge is -2.13. The van der Waals surface area contributed by atoms with Gasteiger partial charge in [0, 0.05) is 23.3 Å². The van der Waals surface area contributed by atoms with Gasteiger partial charge < -0.3 is 11.1 Å². The summed E-state index contributed by atoms with van der Waals surface area (Å²) in [5.41, 5.74) is 12.4. The minimum atomic E-state index is 0.818. The van der Waals surface area contributed by atoms with Gasteiger partial charge in [-0.15, -0.1) is 0 Å². The van der Waals surface area contributed by atoms with Gasteiger partial charge in [-0.05, 0) is 47.1 Å². The van der Waals surface area contributed by atoms with Crippen molar-refractivity contribution in [3.63, 3.8) is 0 Å². The number of hydrogen-bond acceptors (Lipinski definition) is 2. The number of nitrogens with two attached hydrogens (primary N) is 1. The van der Waals surface area contributed by atoms with E-state index < -0.39 is 0 Å². The number of nitrogens with one attached hydrogen (secondary N) is 1. The summed E-state index contributed by atoms with van der Waals surface area (Å²) in [4.78, 5) is 0. The Hall–Kier alpha value is -2.48. The number of benzene rings is 3. The Kier molecular flexibility index (Phi) is 2.81. The fraction of sp³-hybridized carbons (Fsp3) is 0.158. The first-order valence-electron chi connectivity index (χ1n) is 7.43. The second-order valence-electron chi connectivity index (χ2n) is 5.68. The summed E-state index contributed by atoms with van der Waals surface area (Å²) in [6.45, 7) is 0.818. The average Bonchev–Trinajstić information content (AvgIpc) is 2.94. The molecule has 0 saturated heterocycles. The Morgan fingerprint density at radius 3 is 2.29 bits per heavy atom. The predicted octanol–water partition coefficient (Wildman–Crippen LogP) is 4.13. The molecule has 104 valence electrons. The van der Waals surface area contributed by atoms with Crippen molar-refractivity contribution in [3.05, 3.63) is 71.3 Å². The van der Waals surface area contributed by atoms with Crippen LogP contribution in [0.4, 0.5) is 11.4 Å². The molecule has 3 aromatic carbocycles. The summed E-state index contributed by atoms with van der Waals surface area (Å²) in [6, 6.07) is 19.1. The molecule has 3 aromatic rings. The second-order valence-corrected chi connectivity index (χ2v) is 5.68. The van der Waals surface area contributed by atoms with Crippen LogP contribution in [-0.4, -0.2) is 0 Å². The van der Waals surface area contributed by atoms with Crippen molar-refractivity contribution in [1.82, 2.24) is 0 Å². The first-order valence-corrected chi connectivity index (χ1v) is 7.43. The van der Waals surface area contributed by atoms with E-state index in [2.05, 4.69) is 47.8 Å². The van der Waals surface area contributed by atoms with Crippen LogP contribution in [0.3, 0.4) is 0 Å². The summed E-state index contributed by atoms with van der Waals surface area (Å²) in [6.07, 6.45) is 2.27. The Morgan fingerprint density at radius 2 is 1.52 bits per heavy atom. The van der Waals surface area contributed by atoms with E-state index in [1.54, 1.807) is 0 Å². The molecule has 21 heavy (non-hydrogen) atoms. The zero-order valence-corrected chi connectivity index (χ0v) is 11.9. The smallest absolute Gasteiger partial charge is 0.0443 e. The maximum Gasteiger partial charge on any atom is 0.0443 e. The zero-order valence-electron chi connectivity index (χ0n) is 11.9. The Labute approximate surface area is 124 Å². The summed E-state index contributed by atoms with van der Waals surface area (Å²) >= 11 is 0. The van der Waals surface area contributed by atoms with Crippen molar-refractivity contribution < 1.29 is 0 Å². The van der Waals surface area contributed by atoms with E-state index in [-0.39, 0.29) is 0 Å². The third kappa shape index (κ3) is 2.04. The molecule has 0 aliphatic heterocycles. The molecule has 0 atom stereocenters. The molecule has 1 aliphatic rings. The third-order valence-electron chi connectivity index (χ3n) is 4.35. The highest BCUT2D eigenvalue weighted by atomic mass is 14.9. The van der Waals surface area contributed by atoms with Gasteiger partial charge in [0.1, 0.15) is 0 Å². The van der Waals surface area contributed by atoms with Crippen molar-refractivity contribution in [3.8, 4) is 0 Å². The van der Waals surface area contributed by atoms with Crippen molar-refractivity contribution in [2.75, 3.05) is 11.1 Å². The maximum atomic E-state index is 6.25. The van der Waals surface area contributed by atoms with Crippen LogP contribution in [0.2, 0.25) is 0 Å². The van der Waals surface area contributed by atoms with Crippen molar-refractivity contribution in [2.24, 2.45) is 0 Å². The van der Waals surface area contributed by atoms with Gasteiger partial charge in [0.25, 0.3) is 0 Å². The first-order chi connectivity index (χ1) is 10.3. The van der Waals surface area contributed by atoms with E-state index in [1.165, 1.54) is 27.5 Å². The van der Waals surface area contributed by atoms with Gasteiger partial charge >= 0.3 is 0 Å². The van der Waals surface area contributed by atoms with Crippen LogP contribution in [0.25, 0.3) is 10.8 Å². The first kappa shape index (κ1) is 12.3. The molecule has 2 nitrogen and oxygen atoms in total. The molecule has 0 radical (unpaired) electrons. The number of aryl methyl sites for hydroxylation is 2. The summed E-state index contributed by atoms with van der Waals surface area (Å²) in [5.74, 6) is 0. The molecular weight excluding hydrogens is 256 g/mol. The molecule has 3 N–H and O–H groups in total. The van der Waals surface area contributed by atoms with Crippen LogP contribution < -0.4 is 11.1 Å². The number of hydrogen-bond donors (Lipinski definition) is 2. The highest BCUT2D eigenvalue weighted by Gasteiger charge is 2.17. The average molecular weight is 274 g/mol. The molecule has 0 fully saturated rings. The van der Waals surface area contributed by atoms with Crippen molar-refractivity contribution >= 4 is 22.1 Å². The lowest BCUT2D eigenvalue weighted by Crippen LogP contribution is -2.01. The highest BCUT2D eigenvalue weighted by molar-refractivity contribution is 6.06. The molecule has 2 heteroatoms. The largest absolute Gasteiger partial charge is 0.398 e. The Morgan fingerprint density at radius 1 is 0.810 bits per heavy atom.